The van der Waals surface area contributed by atoms with E-state index < -0.39 is 52.7 Å². The predicted molar refractivity (Wildman–Crippen MR) is 167 cm³/mol. The molecule has 0 bridgehead atoms. The van der Waals surface area contributed by atoms with Crippen molar-refractivity contribution in [2.24, 2.45) is 17.1 Å². The van der Waals surface area contributed by atoms with Crippen LogP contribution in [0.25, 0.3) is 0 Å². The number of hydrogen-bond acceptors (Lipinski definition) is 6. The second-order valence-corrected chi connectivity index (χ2v) is 13.8. The van der Waals surface area contributed by atoms with Crippen LogP contribution in [0.2, 0.25) is 0 Å². The van der Waals surface area contributed by atoms with Crippen molar-refractivity contribution in [3.63, 3.8) is 0 Å². The fourth-order valence-corrected chi connectivity index (χ4v) is 6.34. The number of nitrogens with zero attached hydrogens (tertiary/aromatic N) is 1. The van der Waals surface area contributed by atoms with Crippen LogP contribution in [-0.2, 0) is 25.6 Å². The molecule has 11 heteroatoms. The molecular formula is C33H51N5O6. The van der Waals surface area contributed by atoms with Gasteiger partial charge in [-0.05, 0) is 67.6 Å². The molecule has 0 aromatic heterocycles. The number of amides is 5. The molecule has 5 amide bonds. The third kappa shape index (κ3) is 9.19. The van der Waals surface area contributed by atoms with E-state index in [1.807, 2.05) is 46.8 Å². The van der Waals surface area contributed by atoms with Crippen molar-refractivity contribution in [3.8, 4) is 5.75 Å². The van der Waals surface area contributed by atoms with Crippen LogP contribution in [0, 0.1) is 11.3 Å². The molecule has 6 N–H and O–H groups in total. The van der Waals surface area contributed by atoms with Gasteiger partial charge in [0, 0.05) is 12.1 Å². The van der Waals surface area contributed by atoms with Gasteiger partial charge in [0.2, 0.25) is 17.6 Å². The molecule has 2 aliphatic rings. The Balaban J connectivity index is 1.76. The molecule has 3 rings (SSSR count). The molecule has 1 aromatic carbocycles. The number of ketones is 1. The van der Waals surface area contributed by atoms with E-state index in [4.69, 9.17) is 5.73 Å². The molecular weight excluding hydrogens is 562 g/mol. The number of phenolic OH excluding ortho intramolecular Hbond substituents is 1. The van der Waals surface area contributed by atoms with Crippen LogP contribution in [0.3, 0.4) is 0 Å². The SMILES string of the molecule is CCC(C)CC(NC(=O)C1CCCN1C(=O)C(NC(=O)NC1(Cc2ccc(O)cc2)CCCCC1)C(C)(C)C)C(=O)C(N)=O. The number of carbonyl (C=O) groups excluding carboxylic acids is 5. The van der Waals surface area contributed by atoms with Gasteiger partial charge in [-0.3, -0.25) is 19.2 Å². The predicted octanol–water partition coefficient (Wildman–Crippen LogP) is 3.32. The molecule has 1 aromatic rings. The number of Topliss-reactive ketones (excluding diaryl/α,β-unsaturated/α-hetero) is 1. The van der Waals surface area contributed by atoms with Crippen molar-refractivity contribution in [2.45, 2.75) is 122 Å². The summed E-state index contributed by atoms with van der Waals surface area (Å²) in [5, 5.41) is 18.5. The van der Waals surface area contributed by atoms with Crippen molar-refractivity contribution in [1.29, 1.82) is 0 Å². The first-order valence-electron chi connectivity index (χ1n) is 16.0. The van der Waals surface area contributed by atoms with Gasteiger partial charge < -0.3 is 31.7 Å². The molecule has 1 saturated carbocycles. The summed E-state index contributed by atoms with van der Waals surface area (Å²) in [4.78, 5) is 66.7. The van der Waals surface area contributed by atoms with Gasteiger partial charge in [0.15, 0.2) is 0 Å². The van der Waals surface area contributed by atoms with Crippen LogP contribution in [0.15, 0.2) is 24.3 Å². The Hall–Kier alpha value is -3.63. The van der Waals surface area contributed by atoms with Crippen molar-refractivity contribution < 1.29 is 29.1 Å². The molecule has 4 atom stereocenters. The topological polar surface area (TPSA) is 171 Å². The van der Waals surface area contributed by atoms with Crippen LogP contribution >= 0.6 is 0 Å². The summed E-state index contributed by atoms with van der Waals surface area (Å²) in [6.45, 7) is 9.79. The molecule has 11 nitrogen and oxygen atoms in total. The standard InChI is InChI=1S/C33H51N5O6/c1-6-21(2)19-24(26(40)28(34)41)35-29(42)25-11-10-18-38(25)30(43)27(32(3,4)5)36-31(44)37-33(16-8-7-9-17-33)20-22-12-14-23(39)15-13-22/h12-15,21,24-25,27,39H,6-11,16-20H2,1-5H3,(H2,34,41)(H,35,42)(H2,36,37,44). The second kappa shape index (κ2) is 14.9. The van der Waals surface area contributed by atoms with Gasteiger partial charge in [-0.1, -0.05) is 72.4 Å². The number of benzene rings is 1. The number of carbonyl (C=O) groups is 5. The summed E-state index contributed by atoms with van der Waals surface area (Å²) in [5.74, 6) is -2.60. The molecule has 0 radical (unpaired) electrons. The van der Waals surface area contributed by atoms with Crippen molar-refractivity contribution in [2.75, 3.05) is 6.54 Å². The lowest BCUT2D eigenvalue weighted by molar-refractivity contribution is -0.143. The molecule has 44 heavy (non-hydrogen) atoms. The van der Waals surface area contributed by atoms with Crippen molar-refractivity contribution in [3.05, 3.63) is 29.8 Å². The molecule has 4 unspecified atom stereocenters. The van der Waals surface area contributed by atoms with Gasteiger partial charge in [0.25, 0.3) is 5.91 Å². The van der Waals surface area contributed by atoms with Gasteiger partial charge in [0.05, 0.1) is 6.04 Å². The lowest BCUT2D eigenvalue weighted by Crippen LogP contribution is -2.62. The number of hydrogen-bond donors (Lipinski definition) is 5. The number of phenols is 1. The zero-order valence-electron chi connectivity index (χ0n) is 26.9. The number of urea groups is 1. The Labute approximate surface area is 261 Å². The lowest BCUT2D eigenvalue weighted by Gasteiger charge is -2.40. The van der Waals surface area contributed by atoms with E-state index in [-0.39, 0.29) is 24.0 Å². The minimum Gasteiger partial charge on any atom is -0.508 e. The minimum atomic E-state index is -1.11. The Kier molecular flexibility index (Phi) is 11.8. The normalized spacial score (nSPS) is 20.2. The van der Waals surface area contributed by atoms with Gasteiger partial charge in [-0.25, -0.2) is 4.79 Å². The highest BCUT2D eigenvalue weighted by Crippen LogP contribution is 2.32. The number of aromatic hydroxyl groups is 1. The first-order valence-corrected chi connectivity index (χ1v) is 16.0. The van der Waals surface area contributed by atoms with E-state index in [1.165, 1.54) is 4.90 Å². The minimum absolute atomic E-state index is 0.0689. The summed E-state index contributed by atoms with van der Waals surface area (Å²) in [6, 6.07) is 3.73. The second-order valence-electron chi connectivity index (χ2n) is 13.8. The first-order chi connectivity index (χ1) is 20.7. The molecule has 1 aliphatic carbocycles. The third-order valence-electron chi connectivity index (χ3n) is 9.11. The Morgan fingerprint density at radius 1 is 1.02 bits per heavy atom. The van der Waals surface area contributed by atoms with E-state index in [9.17, 15) is 29.1 Å². The number of nitrogens with one attached hydrogen (secondary N) is 3. The zero-order valence-corrected chi connectivity index (χ0v) is 26.9. The third-order valence-corrected chi connectivity index (χ3v) is 9.11. The average Bonchev–Trinajstić information content (AvgIpc) is 3.46. The molecule has 1 heterocycles. The van der Waals surface area contributed by atoms with Crippen molar-refractivity contribution in [1.82, 2.24) is 20.9 Å². The van der Waals surface area contributed by atoms with E-state index in [0.29, 0.717) is 25.8 Å². The number of nitrogens with two attached hydrogens (primary N) is 1. The van der Waals surface area contributed by atoms with Crippen LogP contribution in [0.5, 0.6) is 5.75 Å². The lowest BCUT2D eigenvalue weighted by atomic mass is 9.77. The average molecular weight is 614 g/mol. The number of rotatable bonds is 12. The smallest absolute Gasteiger partial charge is 0.315 e. The monoisotopic (exact) mass is 613 g/mol. The molecule has 0 spiro atoms. The molecule has 1 saturated heterocycles. The van der Waals surface area contributed by atoms with Crippen LogP contribution in [-0.4, -0.2) is 69.8 Å². The summed E-state index contributed by atoms with van der Waals surface area (Å²) >= 11 is 0. The Morgan fingerprint density at radius 2 is 1.66 bits per heavy atom. The van der Waals surface area contributed by atoms with E-state index in [1.54, 1.807) is 12.1 Å². The van der Waals surface area contributed by atoms with Crippen LogP contribution < -0.4 is 21.7 Å². The molecule has 1 aliphatic heterocycles. The van der Waals surface area contributed by atoms with E-state index in [0.717, 1.165) is 44.1 Å². The maximum Gasteiger partial charge on any atom is 0.315 e. The maximum absolute atomic E-state index is 14.0. The number of likely N-dealkylation sites (tertiary alicyclic amines) is 1. The summed E-state index contributed by atoms with van der Waals surface area (Å²) < 4.78 is 0. The quantitative estimate of drug-likeness (QED) is 0.226. The highest BCUT2D eigenvalue weighted by molar-refractivity contribution is 6.37. The fraction of sp³-hybridized carbons (Fsp3) is 0.667. The van der Waals surface area contributed by atoms with Gasteiger partial charge in [0.1, 0.15) is 17.8 Å². The first kappa shape index (κ1) is 34.9. The van der Waals surface area contributed by atoms with Gasteiger partial charge >= 0.3 is 6.03 Å². The van der Waals surface area contributed by atoms with Crippen LogP contribution in [0.1, 0.15) is 98.0 Å². The molecule has 244 valence electrons. The van der Waals surface area contributed by atoms with Crippen molar-refractivity contribution >= 4 is 29.5 Å². The summed E-state index contributed by atoms with van der Waals surface area (Å²) in [7, 11) is 0. The highest BCUT2D eigenvalue weighted by atomic mass is 16.3. The summed E-state index contributed by atoms with van der Waals surface area (Å²) in [5.41, 5.74) is 5.10. The highest BCUT2D eigenvalue weighted by Gasteiger charge is 2.43. The van der Waals surface area contributed by atoms with E-state index in [2.05, 4.69) is 16.0 Å². The van der Waals surface area contributed by atoms with E-state index >= 15 is 0 Å². The van der Waals surface area contributed by atoms with Crippen LogP contribution in [0.4, 0.5) is 4.79 Å². The number of primary amides is 1. The van der Waals surface area contributed by atoms with Gasteiger partial charge in [-0.15, -0.1) is 0 Å². The maximum atomic E-state index is 14.0. The Bertz CT molecular complexity index is 1190. The largest absolute Gasteiger partial charge is 0.508 e. The zero-order chi connectivity index (χ0) is 32.7. The fourth-order valence-electron chi connectivity index (χ4n) is 6.34. The Morgan fingerprint density at radius 3 is 2.23 bits per heavy atom. The summed E-state index contributed by atoms with van der Waals surface area (Å²) in [6.07, 6.45) is 7.24. The molecule has 2 fully saturated rings. The van der Waals surface area contributed by atoms with Gasteiger partial charge in [-0.2, -0.15) is 0 Å².